The van der Waals surface area contributed by atoms with Crippen molar-refractivity contribution in [2.24, 2.45) is 0 Å². The second-order valence-electron chi connectivity index (χ2n) is 4.29. The van der Waals surface area contributed by atoms with Crippen molar-refractivity contribution in [3.63, 3.8) is 0 Å². The van der Waals surface area contributed by atoms with Gasteiger partial charge in [0, 0.05) is 18.6 Å². The molecule has 0 heterocycles. The second kappa shape index (κ2) is 7.43. The summed E-state index contributed by atoms with van der Waals surface area (Å²) in [4.78, 5) is -0.0863. The van der Waals surface area contributed by atoms with Gasteiger partial charge in [0.1, 0.15) is 4.90 Å². The summed E-state index contributed by atoms with van der Waals surface area (Å²) in [5.74, 6) is 0. The van der Waals surface area contributed by atoms with Gasteiger partial charge in [0.05, 0.1) is 11.6 Å². The molecule has 0 saturated heterocycles. The molecule has 0 radical (unpaired) electrons. The zero-order chi connectivity index (χ0) is 15.3. The van der Waals surface area contributed by atoms with Gasteiger partial charge in [0.25, 0.3) is 0 Å². The number of allylic oxidation sites excluding steroid dienone is 1. The topological polar surface area (TPSA) is 57.6 Å². The van der Waals surface area contributed by atoms with E-state index in [4.69, 9.17) is 23.2 Å². The number of sulfonamides is 1. The van der Waals surface area contributed by atoms with E-state index in [1.54, 1.807) is 6.08 Å². The predicted octanol–water partition coefficient (Wildman–Crippen LogP) is 3.07. The second-order valence-corrected chi connectivity index (χ2v) is 7.12. The van der Waals surface area contributed by atoms with E-state index >= 15 is 0 Å². The summed E-state index contributed by atoms with van der Waals surface area (Å²) in [6.07, 6.45) is 3.13. The number of hydrogen-bond acceptors (Lipinski definition) is 3. The number of unbranched alkanes of at least 4 members (excludes halogenated alkanes) is 1. The molecule has 0 amide bonds. The van der Waals surface area contributed by atoms with E-state index in [1.165, 1.54) is 23.5 Å². The largest absolute Gasteiger partial charge is 0.392 e. The minimum Gasteiger partial charge on any atom is -0.392 e. The van der Waals surface area contributed by atoms with Crippen LogP contribution in [0, 0.1) is 0 Å². The van der Waals surface area contributed by atoms with Crippen LogP contribution in [0.25, 0.3) is 0 Å². The number of hydrogen-bond donors (Lipinski definition) is 1. The molecule has 1 rings (SSSR count). The molecule has 1 aromatic carbocycles. The zero-order valence-electron chi connectivity index (χ0n) is 11.1. The van der Waals surface area contributed by atoms with Gasteiger partial charge in [-0.25, -0.2) is 12.7 Å². The Bertz CT molecular complexity index is 588. The number of halogens is 2. The first-order chi connectivity index (χ1) is 9.34. The number of rotatable bonds is 7. The molecule has 20 heavy (non-hydrogen) atoms. The average Bonchev–Trinajstić information content (AvgIpc) is 2.40. The summed E-state index contributed by atoms with van der Waals surface area (Å²) in [6.45, 7) is 3.57. The molecule has 0 aromatic heterocycles. The van der Waals surface area contributed by atoms with E-state index in [2.05, 4.69) is 6.58 Å². The normalized spacial score (nSPS) is 11.8. The van der Waals surface area contributed by atoms with Crippen LogP contribution in [-0.2, 0) is 16.6 Å². The third-order valence-electron chi connectivity index (χ3n) is 2.82. The van der Waals surface area contributed by atoms with Crippen molar-refractivity contribution in [3.05, 3.63) is 40.4 Å². The van der Waals surface area contributed by atoms with Crippen LogP contribution in [0.5, 0.6) is 0 Å². The Morgan fingerprint density at radius 2 is 2.05 bits per heavy atom. The number of aliphatic hydroxyl groups is 1. The Hall–Kier alpha value is -0.590. The Balaban J connectivity index is 3.15. The van der Waals surface area contributed by atoms with Crippen LogP contribution in [0.2, 0.25) is 10.0 Å². The minimum atomic E-state index is -3.73. The molecular formula is C13H17Cl2NO3S. The third kappa shape index (κ3) is 3.96. The highest BCUT2D eigenvalue weighted by Crippen LogP contribution is 2.31. The first kappa shape index (κ1) is 17.5. The fraction of sp³-hybridized carbons (Fsp3) is 0.385. The SMILES string of the molecule is C=CCCCN(C)S(=O)(=O)c1cc(Cl)cc(CO)c1Cl. The fourth-order valence-electron chi connectivity index (χ4n) is 1.67. The molecule has 0 unspecified atom stereocenters. The molecule has 0 bridgehead atoms. The highest BCUT2D eigenvalue weighted by molar-refractivity contribution is 7.89. The highest BCUT2D eigenvalue weighted by Gasteiger charge is 2.25. The van der Waals surface area contributed by atoms with E-state index in [0.29, 0.717) is 13.0 Å². The van der Waals surface area contributed by atoms with Crippen LogP contribution in [0.15, 0.2) is 29.7 Å². The number of benzene rings is 1. The molecule has 0 saturated carbocycles. The average molecular weight is 338 g/mol. The molecule has 4 nitrogen and oxygen atoms in total. The molecule has 0 spiro atoms. The molecule has 1 aromatic rings. The monoisotopic (exact) mass is 337 g/mol. The zero-order valence-corrected chi connectivity index (χ0v) is 13.5. The lowest BCUT2D eigenvalue weighted by Crippen LogP contribution is -2.28. The molecule has 112 valence electrons. The van der Waals surface area contributed by atoms with Crippen LogP contribution in [0.4, 0.5) is 0 Å². The summed E-state index contributed by atoms with van der Waals surface area (Å²) in [6, 6.07) is 2.74. The summed E-state index contributed by atoms with van der Waals surface area (Å²) >= 11 is 11.9. The van der Waals surface area contributed by atoms with Gasteiger partial charge in [-0.2, -0.15) is 0 Å². The Morgan fingerprint density at radius 3 is 2.60 bits per heavy atom. The van der Waals surface area contributed by atoms with Crippen molar-refractivity contribution in [2.75, 3.05) is 13.6 Å². The molecule has 1 N–H and O–H groups in total. The van der Waals surface area contributed by atoms with Gasteiger partial charge in [-0.3, -0.25) is 0 Å². The summed E-state index contributed by atoms with van der Waals surface area (Å²) in [5.41, 5.74) is 0.289. The van der Waals surface area contributed by atoms with Gasteiger partial charge in [0.2, 0.25) is 10.0 Å². The quantitative estimate of drug-likeness (QED) is 0.614. The van der Waals surface area contributed by atoms with Crippen molar-refractivity contribution < 1.29 is 13.5 Å². The van der Waals surface area contributed by atoms with Gasteiger partial charge in [-0.05, 0) is 30.5 Å². The Labute approximate surface area is 129 Å². The van der Waals surface area contributed by atoms with E-state index in [1.807, 2.05) is 0 Å². The van der Waals surface area contributed by atoms with Gasteiger partial charge in [-0.1, -0.05) is 29.3 Å². The minimum absolute atomic E-state index is 0.00692. The predicted molar refractivity (Wildman–Crippen MR) is 81.6 cm³/mol. The third-order valence-corrected chi connectivity index (χ3v) is 5.48. The van der Waals surface area contributed by atoms with Crippen LogP contribution < -0.4 is 0 Å². The van der Waals surface area contributed by atoms with Crippen molar-refractivity contribution in [3.8, 4) is 0 Å². The fourth-order valence-corrected chi connectivity index (χ4v) is 3.77. The van der Waals surface area contributed by atoms with Gasteiger partial charge < -0.3 is 5.11 Å². The first-order valence-corrected chi connectivity index (χ1v) is 8.20. The smallest absolute Gasteiger partial charge is 0.244 e. The van der Waals surface area contributed by atoms with E-state index in [-0.39, 0.29) is 27.1 Å². The highest BCUT2D eigenvalue weighted by atomic mass is 35.5. The van der Waals surface area contributed by atoms with E-state index < -0.39 is 10.0 Å². The summed E-state index contributed by atoms with van der Waals surface area (Å²) in [7, 11) is -2.25. The molecule has 0 atom stereocenters. The van der Waals surface area contributed by atoms with Gasteiger partial charge in [0.15, 0.2) is 0 Å². The van der Waals surface area contributed by atoms with Crippen molar-refractivity contribution in [2.45, 2.75) is 24.3 Å². The standard InChI is InChI=1S/C13H17Cl2NO3S/c1-3-4-5-6-16(2)20(18,19)12-8-11(14)7-10(9-17)13(12)15/h3,7-8,17H,1,4-6,9H2,2H3. The lowest BCUT2D eigenvalue weighted by Gasteiger charge is -2.18. The van der Waals surface area contributed by atoms with Crippen LogP contribution in [-0.4, -0.2) is 31.4 Å². The molecule has 0 aliphatic heterocycles. The maximum absolute atomic E-state index is 12.4. The maximum Gasteiger partial charge on any atom is 0.244 e. The lowest BCUT2D eigenvalue weighted by molar-refractivity contribution is 0.281. The van der Waals surface area contributed by atoms with Gasteiger partial charge in [-0.15, -0.1) is 6.58 Å². The van der Waals surface area contributed by atoms with Crippen LogP contribution in [0.1, 0.15) is 18.4 Å². The molecule has 0 fully saturated rings. The summed E-state index contributed by atoms with van der Waals surface area (Å²) in [5, 5.41) is 9.41. The Morgan fingerprint density at radius 1 is 1.40 bits per heavy atom. The summed E-state index contributed by atoms with van der Waals surface area (Å²) < 4.78 is 26.1. The first-order valence-electron chi connectivity index (χ1n) is 6.00. The molecule has 0 aliphatic rings. The lowest BCUT2D eigenvalue weighted by atomic mass is 10.2. The molecule has 0 aliphatic carbocycles. The van der Waals surface area contributed by atoms with Crippen molar-refractivity contribution >= 4 is 33.2 Å². The number of nitrogens with zero attached hydrogens (tertiary/aromatic N) is 1. The molecular weight excluding hydrogens is 321 g/mol. The van der Waals surface area contributed by atoms with E-state index in [0.717, 1.165) is 6.42 Å². The van der Waals surface area contributed by atoms with Crippen molar-refractivity contribution in [1.29, 1.82) is 0 Å². The van der Waals surface area contributed by atoms with Crippen LogP contribution >= 0.6 is 23.2 Å². The van der Waals surface area contributed by atoms with Crippen LogP contribution in [0.3, 0.4) is 0 Å². The molecule has 7 heteroatoms. The van der Waals surface area contributed by atoms with Gasteiger partial charge >= 0.3 is 0 Å². The van der Waals surface area contributed by atoms with Crippen molar-refractivity contribution in [1.82, 2.24) is 4.31 Å². The maximum atomic E-state index is 12.4. The number of aliphatic hydroxyl groups excluding tert-OH is 1. The Kier molecular flexibility index (Phi) is 6.48. The van der Waals surface area contributed by atoms with E-state index in [9.17, 15) is 13.5 Å².